The predicted octanol–water partition coefficient (Wildman–Crippen LogP) is 3.49. The molecular weight excluding hydrogens is 300 g/mol. The molecule has 3 saturated carbocycles. The van der Waals surface area contributed by atoms with E-state index in [1.165, 1.54) is 5.57 Å². The van der Waals surface area contributed by atoms with E-state index in [0.717, 1.165) is 44.9 Å². The number of hydrogen-bond donors (Lipinski definition) is 2. The van der Waals surface area contributed by atoms with Crippen LogP contribution < -0.4 is 0 Å². The number of ketones is 1. The predicted molar refractivity (Wildman–Crippen MR) is 93.3 cm³/mol. The lowest BCUT2D eigenvalue weighted by atomic mass is 9.46. The van der Waals surface area contributed by atoms with Crippen LogP contribution in [0, 0.1) is 34.5 Å². The van der Waals surface area contributed by atoms with Crippen molar-refractivity contribution >= 4 is 5.78 Å². The van der Waals surface area contributed by atoms with E-state index in [1.54, 1.807) is 6.92 Å². The Hall–Kier alpha value is -0.670. The summed E-state index contributed by atoms with van der Waals surface area (Å²) in [5, 5.41) is 21.3. The minimum Gasteiger partial charge on any atom is -0.393 e. The Morgan fingerprint density at radius 1 is 1.21 bits per heavy atom. The monoisotopic (exact) mass is 332 g/mol. The number of fused-ring (bicyclic) bond motifs is 5. The fourth-order valence-corrected chi connectivity index (χ4v) is 7.44. The molecule has 8 atom stereocenters. The number of aliphatic hydroxyl groups is 2. The second-order valence-electron chi connectivity index (χ2n) is 9.59. The topological polar surface area (TPSA) is 57.5 Å². The van der Waals surface area contributed by atoms with Gasteiger partial charge >= 0.3 is 0 Å². The zero-order valence-corrected chi connectivity index (χ0v) is 15.3. The molecule has 134 valence electrons. The Bertz CT molecular complexity index is 582. The summed E-state index contributed by atoms with van der Waals surface area (Å²) in [6.45, 7) is 6.33. The lowest BCUT2D eigenvalue weighted by Gasteiger charge is -2.59. The molecule has 3 nitrogen and oxygen atoms in total. The van der Waals surface area contributed by atoms with Crippen LogP contribution in [0.1, 0.15) is 65.7 Å². The summed E-state index contributed by atoms with van der Waals surface area (Å²) in [7, 11) is 0. The van der Waals surface area contributed by atoms with Crippen LogP contribution >= 0.6 is 0 Å². The fraction of sp³-hybridized carbons (Fsp3) is 0.857. The van der Waals surface area contributed by atoms with Gasteiger partial charge in [-0.15, -0.1) is 0 Å². The van der Waals surface area contributed by atoms with Crippen LogP contribution in [0.4, 0.5) is 0 Å². The first-order valence-corrected chi connectivity index (χ1v) is 9.83. The van der Waals surface area contributed by atoms with Crippen LogP contribution in [-0.2, 0) is 4.79 Å². The van der Waals surface area contributed by atoms with Gasteiger partial charge in [-0.2, -0.15) is 0 Å². The van der Waals surface area contributed by atoms with Gasteiger partial charge in [0.05, 0.1) is 12.2 Å². The molecule has 4 aliphatic rings. The zero-order valence-electron chi connectivity index (χ0n) is 15.3. The number of hydrogen-bond acceptors (Lipinski definition) is 3. The summed E-state index contributed by atoms with van der Waals surface area (Å²) in [5.41, 5.74) is 1.39. The van der Waals surface area contributed by atoms with Gasteiger partial charge < -0.3 is 10.2 Å². The number of aliphatic hydroxyl groups excluding tert-OH is 2. The third kappa shape index (κ3) is 2.13. The molecule has 0 heterocycles. The molecule has 0 aliphatic heterocycles. The summed E-state index contributed by atoms with van der Waals surface area (Å²) in [4.78, 5) is 12.2. The fourth-order valence-electron chi connectivity index (χ4n) is 7.44. The van der Waals surface area contributed by atoms with Crippen LogP contribution in [0.15, 0.2) is 11.6 Å². The van der Waals surface area contributed by atoms with E-state index >= 15 is 0 Å². The number of rotatable bonds is 1. The van der Waals surface area contributed by atoms with Gasteiger partial charge in [0, 0.05) is 5.92 Å². The number of Topliss-reactive ketones (excluding diaryl/α,β-unsaturated/α-hetero) is 1. The standard InChI is InChI=1S/C21H32O3/c1-12(22)16-6-7-17-15-5-4-13-10-14(23)8-9-20(13,2)19(15)18(24)11-21(16,17)3/h4,14-19,23-24H,5-11H2,1-3H3/t14-,15-,16+,17-,18?,19+,20-,21+/m0/s1. The molecule has 24 heavy (non-hydrogen) atoms. The zero-order chi connectivity index (χ0) is 17.3. The lowest BCUT2D eigenvalue weighted by molar-refractivity contribution is -0.140. The van der Waals surface area contributed by atoms with Gasteiger partial charge in [-0.05, 0) is 80.5 Å². The summed E-state index contributed by atoms with van der Waals surface area (Å²) in [5.74, 6) is 1.79. The third-order valence-corrected chi connectivity index (χ3v) is 8.50. The van der Waals surface area contributed by atoms with Crippen molar-refractivity contribution in [2.75, 3.05) is 0 Å². The van der Waals surface area contributed by atoms with Crippen molar-refractivity contribution in [3.63, 3.8) is 0 Å². The van der Waals surface area contributed by atoms with E-state index in [2.05, 4.69) is 19.9 Å². The molecule has 0 radical (unpaired) electrons. The highest BCUT2D eigenvalue weighted by Crippen LogP contribution is 2.66. The lowest BCUT2D eigenvalue weighted by Crippen LogP contribution is -2.56. The van der Waals surface area contributed by atoms with Crippen molar-refractivity contribution in [2.24, 2.45) is 34.5 Å². The van der Waals surface area contributed by atoms with Crippen molar-refractivity contribution in [1.82, 2.24) is 0 Å². The molecule has 4 aliphatic carbocycles. The summed E-state index contributed by atoms with van der Waals surface area (Å²) >= 11 is 0. The Morgan fingerprint density at radius 2 is 1.96 bits per heavy atom. The normalized spacial score (nSPS) is 53.6. The third-order valence-electron chi connectivity index (χ3n) is 8.50. The Labute approximate surface area is 145 Å². The smallest absolute Gasteiger partial charge is 0.133 e. The molecule has 2 N–H and O–H groups in total. The molecule has 0 aromatic rings. The molecule has 4 rings (SSSR count). The highest BCUT2D eigenvalue weighted by Gasteiger charge is 2.62. The molecule has 0 amide bonds. The van der Waals surface area contributed by atoms with Gasteiger partial charge in [0.15, 0.2) is 0 Å². The van der Waals surface area contributed by atoms with Crippen molar-refractivity contribution in [3.05, 3.63) is 11.6 Å². The van der Waals surface area contributed by atoms with Gasteiger partial charge in [0.1, 0.15) is 5.78 Å². The summed E-state index contributed by atoms with van der Waals surface area (Å²) in [6.07, 6.45) is 8.39. The van der Waals surface area contributed by atoms with Gasteiger partial charge in [0.2, 0.25) is 0 Å². The van der Waals surface area contributed by atoms with E-state index in [4.69, 9.17) is 0 Å². The molecule has 0 spiro atoms. The Balaban J connectivity index is 1.71. The minimum absolute atomic E-state index is 0.0255. The van der Waals surface area contributed by atoms with Gasteiger partial charge in [0.25, 0.3) is 0 Å². The summed E-state index contributed by atoms with van der Waals surface area (Å²) in [6, 6.07) is 0. The van der Waals surface area contributed by atoms with E-state index in [1.807, 2.05) is 0 Å². The largest absolute Gasteiger partial charge is 0.393 e. The SMILES string of the molecule is CC(=O)[C@H]1CC[C@H]2[C@@H]3CC=C4C[C@@H](O)CC[C@]4(C)[C@H]3C(O)C[C@]12C. The van der Waals surface area contributed by atoms with Crippen LogP contribution in [0.5, 0.6) is 0 Å². The maximum Gasteiger partial charge on any atom is 0.133 e. The van der Waals surface area contributed by atoms with Gasteiger partial charge in [-0.25, -0.2) is 0 Å². The Kier molecular flexibility index (Phi) is 3.78. The van der Waals surface area contributed by atoms with Crippen molar-refractivity contribution in [2.45, 2.75) is 77.9 Å². The second kappa shape index (κ2) is 5.41. The molecule has 0 saturated heterocycles. The molecule has 0 bridgehead atoms. The van der Waals surface area contributed by atoms with Crippen molar-refractivity contribution in [3.8, 4) is 0 Å². The number of allylic oxidation sites excluding steroid dienone is 1. The van der Waals surface area contributed by atoms with E-state index in [0.29, 0.717) is 23.5 Å². The number of carbonyl (C=O) groups excluding carboxylic acids is 1. The maximum absolute atomic E-state index is 12.2. The average Bonchev–Trinajstić information content (AvgIpc) is 2.84. The van der Waals surface area contributed by atoms with Gasteiger partial charge in [-0.3, -0.25) is 4.79 Å². The van der Waals surface area contributed by atoms with Crippen LogP contribution in [-0.4, -0.2) is 28.2 Å². The van der Waals surface area contributed by atoms with E-state index < -0.39 is 0 Å². The summed E-state index contributed by atoms with van der Waals surface area (Å²) < 4.78 is 0. The van der Waals surface area contributed by atoms with Crippen LogP contribution in [0.3, 0.4) is 0 Å². The molecule has 0 aromatic carbocycles. The van der Waals surface area contributed by atoms with Crippen LogP contribution in [0.2, 0.25) is 0 Å². The van der Waals surface area contributed by atoms with Crippen LogP contribution in [0.25, 0.3) is 0 Å². The van der Waals surface area contributed by atoms with E-state index in [9.17, 15) is 15.0 Å². The maximum atomic E-state index is 12.2. The van der Waals surface area contributed by atoms with Crippen molar-refractivity contribution < 1.29 is 15.0 Å². The first-order chi connectivity index (χ1) is 11.3. The number of carbonyl (C=O) groups is 1. The first kappa shape index (κ1) is 16.8. The quantitative estimate of drug-likeness (QED) is 0.723. The molecular formula is C21H32O3. The Morgan fingerprint density at radius 3 is 2.67 bits per heavy atom. The molecule has 3 heteroatoms. The van der Waals surface area contributed by atoms with E-state index in [-0.39, 0.29) is 29.0 Å². The molecule has 1 unspecified atom stereocenters. The molecule has 0 aromatic heterocycles. The highest BCUT2D eigenvalue weighted by atomic mass is 16.3. The minimum atomic E-state index is -0.319. The highest BCUT2D eigenvalue weighted by molar-refractivity contribution is 5.79. The molecule has 3 fully saturated rings. The first-order valence-electron chi connectivity index (χ1n) is 9.83. The second-order valence-corrected chi connectivity index (χ2v) is 9.59. The van der Waals surface area contributed by atoms with Crippen molar-refractivity contribution in [1.29, 1.82) is 0 Å². The van der Waals surface area contributed by atoms with Gasteiger partial charge in [-0.1, -0.05) is 25.5 Å². The average molecular weight is 332 g/mol.